The minimum absolute atomic E-state index is 0.534. The maximum absolute atomic E-state index is 5.74. The van der Waals surface area contributed by atoms with E-state index in [0.717, 1.165) is 16.0 Å². The van der Waals surface area contributed by atoms with Crippen LogP contribution in [0.1, 0.15) is 11.3 Å². The van der Waals surface area contributed by atoms with E-state index in [-0.39, 0.29) is 0 Å². The van der Waals surface area contributed by atoms with Crippen molar-refractivity contribution < 1.29 is 8.83 Å². The fourth-order valence-electron chi connectivity index (χ4n) is 3.01. The van der Waals surface area contributed by atoms with Crippen molar-refractivity contribution in [1.29, 1.82) is 0 Å². The summed E-state index contributed by atoms with van der Waals surface area (Å²) in [5, 5.41) is 4.74. The second kappa shape index (κ2) is 8.30. The molecule has 0 fully saturated rings. The highest BCUT2D eigenvalue weighted by atomic mass is 79.9. The largest absolute Gasteiger partial charge is 0.461 e. The van der Waals surface area contributed by atoms with Gasteiger partial charge in [-0.3, -0.25) is 9.47 Å². The molecule has 1 aromatic carbocycles. The van der Waals surface area contributed by atoms with E-state index in [1.54, 1.807) is 6.26 Å². The van der Waals surface area contributed by atoms with Crippen LogP contribution in [0, 0.1) is 4.77 Å². The van der Waals surface area contributed by atoms with Crippen LogP contribution in [0.4, 0.5) is 0 Å². The lowest BCUT2D eigenvalue weighted by Crippen LogP contribution is -2.22. The molecular formula is C20H19BrN4O2S. The Labute approximate surface area is 176 Å². The molecule has 0 N–H and O–H groups in total. The van der Waals surface area contributed by atoms with E-state index < -0.39 is 0 Å². The summed E-state index contributed by atoms with van der Waals surface area (Å²) in [6, 6.07) is 17.8. The summed E-state index contributed by atoms with van der Waals surface area (Å²) in [7, 11) is 2.00. The lowest BCUT2D eigenvalue weighted by atomic mass is 10.2. The number of hydrogen-bond donors (Lipinski definition) is 0. The number of halogens is 1. The lowest BCUT2D eigenvalue weighted by Gasteiger charge is -2.14. The Balaban J connectivity index is 1.62. The first kappa shape index (κ1) is 18.9. The van der Waals surface area contributed by atoms with Crippen LogP contribution < -0.4 is 0 Å². The summed E-state index contributed by atoms with van der Waals surface area (Å²) in [5.41, 5.74) is 1.15. The van der Waals surface area contributed by atoms with Gasteiger partial charge in [0.05, 0.1) is 26.0 Å². The van der Waals surface area contributed by atoms with E-state index in [9.17, 15) is 0 Å². The molecule has 0 amide bonds. The van der Waals surface area contributed by atoms with Crippen LogP contribution >= 0.6 is 28.1 Å². The predicted octanol–water partition coefficient (Wildman–Crippen LogP) is 5.17. The van der Waals surface area contributed by atoms with E-state index in [2.05, 4.69) is 33.0 Å². The fraction of sp³-hybridized carbons (Fsp3) is 0.200. The molecule has 0 aliphatic rings. The molecule has 0 atom stereocenters. The van der Waals surface area contributed by atoms with E-state index in [1.807, 2.05) is 58.8 Å². The predicted molar refractivity (Wildman–Crippen MR) is 112 cm³/mol. The number of rotatable bonds is 7. The molecule has 0 aliphatic heterocycles. The third-order valence-electron chi connectivity index (χ3n) is 4.28. The van der Waals surface area contributed by atoms with Crippen molar-refractivity contribution in [2.24, 2.45) is 0 Å². The second-order valence-corrected chi connectivity index (χ2v) is 7.66. The van der Waals surface area contributed by atoms with Crippen LogP contribution in [0.3, 0.4) is 0 Å². The number of hydrogen-bond acceptors (Lipinski definition) is 5. The van der Waals surface area contributed by atoms with Crippen LogP contribution in [0.5, 0.6) is 0 Å². The molecule has 0 spiro atoms. The third kappa shape index (κ3) is 4.19. The summed E-state index contributed by atoms with van der Waals surface area (Å²) in [6.45, 7) is 1.81. The van der Waals surface area contributed by atoms with Crippen molar-refractivity contribution in [2.45, 2.75) is 19.8 Å². The number of furan rings is 2. The molecule has 144 valence electrons. The van der Waals surface area contributed by atoms with Crippen LogP contribution in [0.2, 0.25) is 0 Å². The van der Waals surface area contributed by atoms with E-state index in [0.29, 0.717) is 36.1 Å². The molecule has 8 heteroatoms. The van der Waals surface area contributed by atoms with Crippen molar-refractivity contribution in [3.8, 4) is 11.6 Å². The van der Waals surface area contributed by atoms with Gasteiger partial charge in [-0.25, -0.2) is 4.68 Å². The topological polar surface area (TPSA) is 52.3 Å². The van der Waals surface area contributed by atoms with E-state index in [4.69, 9.17) is 26.2 Å². The normalized spacial score (nSPS) is 11.4. The Morgan fingerprint density at radius 1 is 1.11 bits per heavy atom. The van der Waals surface area contributed by atoms with Gasteiger partial charge in [0.15, 0.2) is 21.0 Å². The molecule has 4 rings (SSSR count). The smallest absolute Gasteiger partial charge is 0.199 e. The Morgan fingerprint density at radius 2 is 1.93 bits per heavy atom. The van der Waals surface area contributed by atoms with Gasteiger partial charge in [-0.15, -0.1) is 5.10 Å². The van der Waals surface area contributed by atoms with Crippen molar-refractivity contribution in [2.75, 3.05) is 7.05 Å². The molecule has 4 aromatic rings. The molecule has 3 aromatic heterocycles. The maximum Gasteiger partial charge on any atom is 0.199 e. The van der Waals surface area contributed by atoms with Gasteiger partial charge in [-0.05, 0) is 65.0 Å². The van der Waals surface area contributed by atoms with Gasteiger partial charge in [0.25, 0.3) is 0 Å². The van der Waals surface area contributed by atoms with E-state index in [1.165, 1.54) is 0 Å². The van der Waals surface area contributed by atoms with Gasteiger partial charge in [0.1, 0.15) is 5.76 Å². The Morgan fingerprint density at radius 3 is 2.61 bits per heavy atom. The summed E-state index contributed by atoms with van der Waals surface area (Å²) in [5.74, 6) is 2.28. The minimum atomic E-state index is 0.534. The molecular weight excluding hydrogens is 440 g/mol. The third-order valence-corrected chi connectivity index (χ3v) is 5.14. The molecule has 6 nitrogen and oxygen atoms in total. The minimum Gasteiger partial charge on any atom is -0.461 e. The zero-order chi connectivity index (χ0) is 19.5. The van der Waals surface area contributed by atoms with Gasteiger partial charge in [-0.2, -0.15) is 0 Å². The molecule has 0 radical (unpaired) electrons. The first-order valence-corrected chi connectivity index (χ1v) is 9.98. The molecule has 0 unspecified atom stereocenters. The average molecular weight is 459 g/mol. The molecule has 0 aliphatic carbocycles. The summed E-state index contributed by atoms with van der Waals surface area (Å²) < 4.78 is 16.4. The summed E-state index contributed by atoms with van der Waals surface area (Å²) >= 11 is 9.07. The van der Waals surface area contributed by atoms with Gasteiger partial charge >= 0.3 is 0 Å². The second-order valence-electron chi connectivity index (χ2n) is 6.52. The summed E-state index contributed by atoms with van der Waals surface area (Å²) in [6.07, 6.45) is 1.64. The molecule has 0 saturated heterocycles. The molecule has 3 heterocycles. The lowest BCUT2D eigenvalue weighted by molar-refractivity contribution is 0.224. The number of aromatic nitrogens is 3. The maximum atomic E-state index is 5.74. The van der Waals surface area contributed by atoms with E-state index >= 15 is 0 Å². The quantitative estimate of drug-likeness (QED) is 0.357. The van der Waals surface area contributed by atoms with Crippen LogP contribution in [0.15, 0.2) is 74.4 Å². The molecule has 0 saturated carbocycles. The standard InChI is InChI=1S/C20H19BrN4O2S/c1-23(13-16-9-10-18(21)27-16)14-25-20(28)24(12-15-6-3-2-4-7-15)19(22-25)17-8-5-11-26-17/h2-11H,12-14H2,1H3. The molecule has 28 heavy (non-hydrogen) atoms. The fourth-order valence-corrected chi connectivity index (χ4v) is 3.60. The van der Waals surface area contributed by atoms with Gasteiger partial charge in [0, 0.05) is 0 Å². The Bertz CT molecular complexity index is 1100. The number of nitrogens with zero attached hydrogens (tertiary/aromatic N) is 4. The average Bonchev–Trinajstić information content (AvgIpc) is 3.41. The van der Waals surface area contributed by atoms with Crippen molar-refractivity contribution in [1.82, 2.24) is 19.2 Å². The SMILES string of the molecule is CN(Cc1ccc(Br)o1)Cn1nc(-c2ccco2)n(Cc2ccccc2)c1=S. The van der Waals surface area contributed by atoms with Crippen molar-refractivity contribution >= 4 is 28.1 Å². The summed E-state index contributed by atoms with van der Waals surface area (Å²) in [4.78, 5) is 2.09. The highest BCUT2D eigenvalue weighted by Gasteiger charge is 2.16. The zero-order valence-electron chi connectivity index (χ0n) is 15.3. The Kier molecular flexibility index (Phi) is 5.61. The Hall–Kier alpha value is -2.42. The van der Waals surface area contributed by atoms with Crippen LogP contribution in [0.25, 0.3) is 11.6 Å². The van der Waals surface area contributed by atoms with Crippen LogP contribution in [-0.4, -0.2) is 26.3 Å². The van der Waals surface area contributed by atoms with Gasteiger partial charge in [-0.1, -0.05) is 30.3 Å². The first-order chi connectivity index (χ1) is 13.6. The van der Waals surface area contributed by atoms with Crippen molar-refractivity contribution in [3.63, 3.8) is 0 Å². The highest BCUT2D eigenvalue weighted by Crippen LogP contribution is 2.21. The molecule has 0 bridgehead atoms. The monoisotopic (exact) mass is 458 g/mol. The van der Waals surface area contributed by atoms with Gasteiger partial charge in [0.2, 0.25) is 0 Å². The first-order valence-electron chi connectivity index (χ1n) is 8.78. The van der Waals surface area contributed by atoms with Gasteiger partial charge < -0.3 is 8.83 Å². The zero-order valence-corrected chi connectivity index (χ0v) is 17.7. The number of benzene rings is 1. The highest BCUT2D eigenvalue weighted by molar-refractivity contribution is 9.10. The van der Waals surface area contributed by atoms with Crippen LogP contribution in [-0.2, 0) is 19.8 Å². The van der Waals surface area contributed by atoms with Crippen molar-refractivity contribution in [3.05, 3.63) is 81.6 Å².